The van der Waals surface area contributed by atoms with Crippen LogP contribution in [0.2, 0.25) is 0 Å². The van der Waals surface area contributed by atoms with Gasteiger partial charge in [-0.05, 0) is 35.3 Å². The standard InChI is InChI=1S/C20H28N4O2S2/c1-16-15-24(13-10-18(16)17-7-4-3-5-8-17)20(21-2)22-11-12-23-28(25,26)19-9-6-14-27-19/h3-9,14,16,18,23H,10-13,15H2,1-2H3,(H,21,22). The smallest absolute Gasteiger partial charge is 0.250 e. The lowest BCUT2D eigenvalue weighted by Crippen LogP contribution is -2.49. The fourth-order valence-corrected chi connectivity index (χ4v) is 5.78. The second-order valence-electron chi connectivity index (χ2n) is 7.03. The molecule has 6 nitrogen and oxygen atoms in total. The van der Waals surface area contributed by atoms with E-state index >= 15 is 0 Å². The number of rotatable bonds is 6. The zero-order chi connectivity index (χ0) is 20.0. The second-order valence-corrected chi connectivity index (χ2v) is 9.97. The highest BCUT2D eigenvalue weighted by Gasteiger charge is 2.28. The van der Waals surface area contributed by atoms with Gasteiger partial charge >= 0.3 is 0 Å². The molecular weight excluding hydrogens is 392 g/mol. The maximum absolute atomic E-state index is 12.2. The summed E-state index contributed by atoms with van der Waals surface area (Å²) in [6.07, 6.45) is 1.08. The van der Waals surface area contributed by atoms with E-state index in [1.807, 2.05) is 0 Å². The van der Waals surface area contributed by atoms with Gasteiger partial charge < -0.3 is 10.2 Å². The molecule has 2 heterocycles. The van der Waals surface area contributed by atoms with Gasteiger partial charge in [0.2, 0.25) is 10.0 Å². The van der Waals surface area contributed by atoms with Crippen LogP contribution >= 0.6 is 11.3 Å². The zero-order valence-electron chi connectivity index (χ0n) is 16.3. The number of sulfonamides is 1. The topological polar surface area (TPSA) is 73.8 Å². The summed E-state index contributed by atoms with van der Waals surface area (Å²) in [5.41, 5.74) is 1.40. The Hall–Kier alpha value is -1.90. The monoisotopic (exact) mass is 420 g/mol. The molecule has 2 N–H and O–H groups in total. The van der Waals surface area contributed by atoms with Crippen LogP contribution in [0.25, 0.3) is 0 Å². The number of piperidine rings is 1. The second kappa shape index (κ2) is 9.54. The summed E-state index contributed by atoms with van der Waals surface area (Å²) in [6, 6.07) is 14.0. The largest absolute Gasteiger partial charge is 0.355 e. The van der Waals surface area contributed by atoms with Crippen LogP contribution in [0.1, 0.15) is 24.8 Å². The van der Waals surface area contributed by atoms with Crippen LogP contribution in [0.15, 0.2) is 57.0 Å². The first kappa shape index (κ1) is 20.8. The van der Waals surface area contributed by atoms with Gasteiger partial charge in [-0.3, -0.25) is 4.99 Å². The molecule has 8 heteroatoms. The summed E-state index contributed by atoms with van der Waals surface area (Å²) >= 11 is 1.22. The van der Waals surface area contributed by atoms with Gasteiger partial charge in [0.25, 0.3) is 0 Å². The van der Waals surface area contributed by atoms with Crippen molar-refractivity contribution in [2.45, 2.75) is 23.5 Å². The lowest BCUT2D eigenvalue weighted by atomic mass is 9.82. The molecule has 28 heavy (non-hydrogen) atoms. The first-order valence-electron chi connectivity index (χ1n) is 9.55. The van der Waals surface area contributed by atoms with Crippen molar-refractivity contribution in [1.82, 2.24) is 14.9 Å². The van der Waals surface area contributed by atoms with Crippen LogP contribution in [-0.2, 0) is 10.0 Å². The number of hydrogen-bond acceptors (Lipinski definition) is 4. The molecule has 0 bridgehead atoms. The molecule has 1 aromatic heterocycles. The molecule has 152 valence electrons. The van der Waals surface area contributed by atoms with Crippen LogP contribution < -0.4 is 10.0 Å². The number of nitrogens with one attached hydrogen (secondary N) is 2. The maximum Gasteiger partial charge on any atom is 0.250 e. The van der Waals surface area contributed by atoms with E-state index in [4.69, 9.17) is 0 Å². The highest BCUT2D eigenvalue weighted by atomic mass is 32.2. The van der Waals surface area contributed by atoms with Crippen molar-refractivity contribution in [3.8, 4) is 0 Å². The third kappa shape index (κ3) is 5.12. The fraction of sp³-hybridized carbons (Fsp3) is 0.450. The number of nitrogens with zero attached hydrogens (tertiary/aromatic N) is 2. The number of guanidine groups is 1. The van der Waals surface area contributed by atoms with Crippen LogP contribution in [0.3, 0.4) is 0 Å². The number of benzene rings is 1. The Labute approximate surface area is 171 Å². The van der Waals surface area contributed by atoms with Crippen molar-refractivity contribution >= 4 is 27.3 Å². The predicted octanol–water partition coefficient (Wildman–Crippen LogP) is 2.73. The molecule has 0 radical (unpaired) electrons. The molecule has 1 saturated heterocycles. The molecule has 1 aliphatic rings. The summed E-state index contributed by atoms with van der Waals surface area (Å²) < 4.78 is 27.3. The molecule has 0 spiro atoms. The number of thiophene rings is 1. The highest BCUT2D eigenvalue weighted by molar-refractivity contribution is 7.91. The van der Waals surface area contributed by atoms with Crippen molar-refractivity contribution < 1.29 is 8.42 Å². The van der Waals surface area contributed by atoms with Crippen LogP contribution in [0.4, 0.5) is 0 Å². The van der Waals surface area contributed by atoms with E-state index in [1.165, 1.54) is 16.9 Å². The van der Waals surface area contributed by atoms with Crippen molar-refractivity contribution in [3.05, 3.63) is 53.4 Å². The molecule has 0 amide bonds. The zero-order valence-corrected chi connectivity index (χ0v) is 18.0. The molecule has 0 saturated carbocycles. The van der Waals surface area contributed by atoms with Gasteiger partial charge in [0.1, 0.15) is 4.21 Å². The lowest BCUT2D eigenvalue weighted by molar-refractivity contribution is 0.234. The Balaban J connectivity index is 1.48. The van der Waals surface area contributed by atoms with Crippen molar-refractivity contribution in [2.24, 2.45) is 10.9 Å². The van der Waals surface area contributed by atoms with Gasteiger partial charge in [0.15, 0.2) is 5.96 Å². The first-order valence-corrected chi connectivity index (χ1v) is 11.9. The minimum absolute atomic E-state index is 0.315. The molecule has 2 atom stereocenters. The Morgan fingerprint density at radius 1 is 1.21 bits per heavy atom. The van der Waals surface area contributed by atoms with E-state index in [1.54, 1.807) is 24.6 Å². The van der Waals surface area contributed by atoms with Gasteiger partial charge in [0.05, 0.1) is 0 Å². The van der Waals surface area contributed by atoms with E-state index in [0.717, 1.165) is 25.5 Å². The van der Waals surface area contributed by atoms with Gasteiger partial charge in [0, 0.05) is 33.2 Å². The van der Waals surface area contributed by atoms with Crippen LogP contribution in [0.5, 0.6) is 0 Å². The minimum atomic E-state index is -3.42. The Morgan fingerprint density at radius 2 is 2.00 bits per heavy atom. The third-order valence-electron chi connectivity index (χ3n) is 5.10. The quantitative estimate of drug-likeness (QED) is 0.428. The van der Waals surface area contributed by atoms with E-state index in [9.17, 15) is 8.42 Å². The average Bonchev–Trinajstić information content (AvgIpc) is 3.24. The molecule has 2 aromatic rings. The minimum Gasteiger partial charge on any atom is -0.355 e. The molecule has 3 rings (SSSR count). The molecule has 0 aliphatic carbocycles. The molecule has 2 unspecified atom stereocenters. The molecule has 1 aromatic carbocycles. The molecule has 1 fully saturated rings. The van der Waals surface area contributed by atoms with Crippen molar-refractivity contribution in [3.63, 3.8) is 0 Å². The number of likely N-dealkylation sites (tertiary alicyclic amines) is 1. The lowest BCUT2D eigenvalue weighted by Gasteiger charge is -2.39. The van der Waals surface area contributed by atoms with Gasteiger partial charge in [-0.1, -0.05) is 43.3 Å². The summed E-state index contributed by atoms with van der Waals surface area (Å²) in [7, 11) is -1.65. The SMILES string of the molecule is CN=C(NCCNS(=O)(=O)c1cccs1)N1CCC(c2ccccc2)C(C)C1. The highest BCUT2D eigenvalue weighted by Crippen LogP contribution is 2.32. The van der Waals surface area contributed by atoms with Crippen LogP contribution in [0, 0.1) is 5.92 Å². The van der Waals surface area contributed by atoms with Crippen molar-refractivity contribution in [1.29, 1.82) is 0 Å². The summed E-state index contributed by atoms with van der Waals surface area (Å²) in [6.45, 7) is 4.95. The fourth-order valence-electron chi connectivity index (χ4n) is 3.71. The summed E-state index contributed by atoms with van der Waals surface area (Å²) in [5, 5.41) is 5.04. The number of aliphatic imine (C=N–C) groups is 1. The average molecular weight is 421 g/mol. The van der Waals surface area contributed by atoms with E-state index in [2.05, 4.69) is 57.2 Å². The third-order valence-corrected chi connectivity index (χ3v) is 7.96. The summed E-state index contributed by atoms with van der Waals surface area (Å²) in [4.78, 5) is 6.65. The Bertz CT molecular complexity index is 867. The number of hydrogen-bond donors (Lipinski definition) is 2. The Kier molecular flexibility index (Phi) is 7.09. The van der Waals surface area contributed by atoms with Crippen LogP contribution in [-0.4, -0.2) is 52.5 Å². The van der Waals surface area contributed by atoms with Gasteiger partial charge in [-0.15, -0.1) is 11.3 Å². The van der Waals surface area contributed by atoms with Crippen molar-refractivity contribution in [2.75, 3.05) is 33.2 Å². The van der Waals surface area contributed by atoms with E-state index in [0.29, 0.717) is 29.1 Å². The van der Waals surface area contributed by atoms with Gasteiger partial charge in [-0.25, -0.2) is 13.1 Å². The van der Waals surface area contributed by atoms with Gasteiger partial charge in [-0.2, -0.15) is 0 Å². The molecular formula is C20H28N4O2S2. The predicted molar refractivity (Wildman–Crippen MR) is 115 cm³/mol. The molecule has 1 aliphatic heterocycles. The van der Waals surface area contributed by atoms with E-state index < -0.39 is 10.0 Å². The summed E-state index contributed by atoms with van der Waals surface area (Å²) in [5.74, 6) is 1.91. The Morgan fingerprint density at radius 3 is 2.64 bits per heavy atom. The van der Waals surface area contributed by atoms with E-state index in [-0.39, 0.29) is 0 Å². The first-order chi connectivity index (χ1) is 13.5. The normalized spacial score (nSPS) is 20.9. The maximum atomic E-state index is 12.2.